The molecule has 1 saturated carbocycles. The van der Waals surface area contributed by atoms with Crippen molar-refractivity contribution in [1.82, 2.24) is 24.9 Å². The molecule has 0 saturated heterocycles. The second-order valence-corrected chi connectivity index (χ2v) is 6.92. The highest BCUT2D eigenvalue weighted by molar-refractivity contribution is 6.17. The summed E-state index contributed by atoms with van der Waals surface area (Å²) in [5.41, 5.74) is 8.05. The summed E-state index contributed by atoms with van der Waals surface area (Å²) in [6.45, 7) is 0. The van der Waals surface area contributed by atoms with Crippen molar-refractivity contribution in [2.24, 2.45) is 0 Å². The van der Waals surface area contributed by atoms with Crippen molar-refractivity contribution < 1.29 is 9.18 Å². The lowest BCUT2D eigenvalue weighted by molar-refractivity contribution is 0.103. The molecule has 0 radical (unpaired) electrons. The molecule has 0 aliphatic heterocycles. The molecule has 4 N–H and O–H groups in total. The van der Waals surface area contributed by atoms with E-state index in [-0.39, 0.29) is 22.8 Å². The van der Waals surface area contributed by atoms with E-state index in [0.29, 0.717) is 22.6 Å². The van der Waals surface area contributed by atoms with Crippen LogP contribution in [-0.4, -0.2) is 30.7 Å². The van der Waals surface area contributed by atoms with Crippen LogP contribution >= 0.6 is 0 Å². The molecule has 4 aromatic heterocycles. The Bertz CT molecular complexity index is 1230. The number of hydrogen-bond acceptors (Lipinski definition) is 7. The number of halogens is 1. The van der Waals surface area contributed by atoms with Crippen LogP contribution in [0.1, 0.15) is 40.4 Å². The topological polar surface area (TPSA) is 122 Å². The fourth-order valence-electron chi connectivity index (χ4n) is 3.23. The lowest BCUT2D eigenvalue weighted by Gasteiger charge is -2.08. The zero-order valence-corrected chi connectivity index (χ0v) is 15.2. The number of nitrogens with two attached hydrogens (primary N) is 1. The van der Waals surface area contributed by atoms with Crippen LogP contribution in [0.5, 0.6) is 0 Å². The fourth-order valence-corrected chi connectivity index (χ4v) is 3.23. The van der Waals surface area contributed by atoms with Crippen molar-refractivity contribution in [3.05, 3.63) is 65.8 Å². The van der Waals surface area contributed by atoms with Crippen molar-refractivity contribution in [1.29, 1.82) is 0 Å². The van der Waals surface area contributed by atoms with E-state index >= 15 is 0 Å². The first-order valence-electron chi connectivity index (χ1n) is 9.12. The molecule has 0 unspecified atom stereocenters. The largest absolute Gasteiger partial charge is 0.383 e. The van der Waals surface area contributed by atoms with Crippen LogP contribution in [-0.2, 0) is 0 Å². The molecule has 144 valence electrons. The average molecular weight is 389 g/mol. The van der Waals surface area contributed by atoms with Crippen LogP contribution in [0.4, 0.5) is 21.7 Å². The van der Waals surface area contributed by atoms with E-state index in [4.69, 9.17) is 5.73 Å². The van der Waals surface area contributed by atoms with Crippen molar-refractivity contribution in [2.75, 3.05) is 11.1 Å². The van der Waals surface area contributed by atoms with Gasteiger partial charge in [0.25, 0.3) is 0 Å². The van der Waals surface area contributed by atoms with Gasteiger partial charge in [0.15, 0.2) is 5.78 Å². The SMILES string of the molecule is Nc1ncnc2[nH]cc(C(=O)c3ccc(Nc4ccc(C5CC5)nc4)nc3F)c12. The molecule has 0 amide bonds. The highest BCUT2D eigenvalue weighted by atomic mass is 19.1. The molecule has 5 rings (SSSR count). The summed E-state index contributed by atoms with van der Waals surface area (Å²) in [6, 6.07) is 6.77. The Kier molecular flexibility index (Phi) is 3.94. The predicted molar refractivity (Wildman–Crippen MR) is 105 cm³/mol. The number of H-pyrrole nitrogens is 1. The smallest absolute Gasteiger partial charge is 0.226 e. The molecule has 9 heteroatoms. The number of pyridine rings is 2. The number of nitrogen functional groups attached to an aromatic ring is 1. The lowest BCUT2D eigenvalue weighted by atomic mass is 10.0. The van der Waals surface area contributed by atoms with E-state index in [9.17, 15) is 9.18 Å². The molecule has 8 nitrogen and oxygen atoms in total. The molecule has 1 aliphatic rings. The van der Waals surface area contributed by atoms with Crippen molar-refractivity contribution in [3.8, 4) is 0 Å². The number of hydrogen-bond donors (Lipinski definition) is 3. The molecule has 1 fully saturated rings. The summed E-state index contributed by atoms with van der Waals surface area (Å²) < 4.78 is 14.6. The Hall–Kier alpha value is -3.88. The minimum absolute atomic E-state index is 0.147. The van der Waals surface area contributed by atoms with Crippen molar-refractivity contribution in [3.63, 3.8) is 0 Å². The Labute approximate surface area is 164 Å². The Morgan fingerprint density at radius 1 is 1.14 bits per heavy atom. The van der Waals surface area contributed by atoms with Gasteiger partial charge in [0, 0.05) is 17.8 Å². The molecule has 0 atom stereocenters. The zero-order chi connectivity index (χ0) is 20.0. The van der Waals surface area contributed by atoms with Gasteiger partial charge in [0.1, 0.15) is 23.6 Å². The Morgan fingerprint density at radius 2 is 2.00 bits per heavy atom. The van der Waals surface area contributed by atoms with E-state index < -0.39 is 11.7 Å². The highest BCUT2D eigenvalue weighted by Crippen LogP contribution is 2.39. The van der Waals surface area contributed by atoms with Crippen molar-refractivity contribution >= 4 is 34.1 Å². The summed E-state index contributed by atoms with van der Waals surface area (Å²) in [6.07, 6.45) is 6.78. The Balaban J connectivity index is 1.40. The summed E-state index contributed by atoms with van der Waals surface area (Å²) >= 11 is 0. The summed E-state index contributed by atoms with van der Waals surface area (Å²) in [5.74, 6) is -0.443. The summed E-state index contributed by atoms with van der Waals surface area (Å²) in [5, 5.41) is 3.36. The molecule has 1 aliphatic carbocycles. The number of nitrogens with zero attached hydrogens (tertiary/aromatic N) is 4. The van der Waals surface area contributed by atoms with Gasteiger partial charge >= 0.3 is 0 Å². The molecule has 4 heterocycles. The van der Waals surface area contributed by atoms with Gasteiger partial charge in [-0.15, -0.1) is 0 Å². The first kappa shape index (κ1) is 17.2. The summed E-state index contributed by atoms with van der Waals surface area (Å²) in [7, 11) is 0. The minimum Gasteiger partial charge on any atom is -0.383 e. The maximum atomic E-state index is 14.6. The van der Waals surface area contributed by atoms with Gasteiger partial charge in [-0.1, -0.05) is 0 Å². The van der Waals surface area contributed by atoms with Crippen LogP contribution in [0.15, 0.2) is 43.0 Å². The molecule has 0 spiro atoms. The monoisotopic (exact) mass is 389 g/mol. The predicted octanol–water partition coefficient (Wildman–Crippen LogP) is 3.32. The number of carbonyl (C=O) groups excluding carboxylic acids is 1. The number of carbonyl (C=O) groups is 1. The first-order chi connectivity index (χ1) is 14.1. The fraction of sp³-hybridized carbons (Fsp3) is 0.150. The number of aromatic amines is 1. The van der Waals surface area contributed by atoms with Crippen LogP contribution in [0.2, 0.25) is 0 Å². The second kappa shape index (κ2) is 6.62. The van der Waals surface area contributed by atoms with Crippen LogP contribution in [0, 0.1) is 5.95 Å². The maximum Gasteiger partial charge on any atom is 0.226 e. The average Bonchev–Trinajstić information content (AvgIpc) is 3.47. The van der Waals surface area contributed by atoms with E-state index in [0.717, 1.165) is 5.69 Å². The van der Waals surface area contributed by atoms with Gasteiger partial charge < -0.3 is 16.0 Å². The van der Waals surface area contributed by atoms with E-state index in [1.165, 1.54) is 31.4 Å². The molecule has 0 bridgehead atoms. The van der Waals surface area contributed by atoms with Crippen LogP contribution in [0.3, 0.4) is 0 Å². The third kappa shape index (κ3) is 3.16. The van der Waals surface area contributed by atoms with Crippen LogP contribution < -0.4 is 11.1 Å². The summed E-state index contributed by atoms with van der Waals surface area (Å²) in [4.78, 5) is 31.9. The maximum absolute atomic E-state index is 14.6. The number of rotatable bonds is 5. The standard InChI is InChI=1S/C20H16FN7O/c21-18-12(17(29)13-8-24-20-16(13)19(22)25-9-26-20)4-6-15(28-18)27-11-3-5-14(23-7-11)10-1-2-10/h3-10H,1-2H2,(H,27,28)(H3,22,24,25,26). The first-order valence-corrected chi connectivity index (χ1v) is 9.12. The van der Waals surface area contributed by atoms with E-state index in [1.807, 2.05) is 12.1 Å². The number of nitrogens with one attached hydrogen (secondary N) is 2. The van der Waals surface area contributed by atoms with E-state index in [2.05, 4.69) is 30.2 Å². The minimum atomic E-state index is -0.882. The number of fused-ring (bicyclic) bond motifs is 1. The van der Waals surface area contributed by atoms with Gasteiger partial charge in [-0.2, -0.15) is 4.39 Å². The molecule has 29 heavy (non-hydrogen) atoms. The molecular weight excluding hydrogens is 373 g/mol. The van der Waals surface area contributed by atoms with Gasteiger partial charge in [0.05, 0.1) is 28.4 Å². The lowest BCUT2D eigenvalue weighted by Crippen LogP contribution is -2.08. The quantitative estimate of drug-likeness (QED) is 0.353. The number of anilines is 3. The second-order valence-electron chi connectivity index (χ2n) is 6.92. The van der Waals surface area contributed by atoms with Crippen molar-refractivity contribution in [2.45, 2.75) is 18.8 Å². The number of aromatic nitrogens is 5. The molecule has 4 aromatic rings. The number of ketones is 1. The van der Waals surface area contributed by atoms with Crippen LogP contribution in [0.25, 0.3) is 11.0 Å². The molecular formula is C20H16FN7O. The van der Waals surface area contributed by atoms with Gasteiger partial charge in [-0.25, -0.2) is 15.0 Å². The Morgan fingerprint density at radius 3 is 2.72 bits per heavy atom. The highest BCUT2D eigenvalue weighted by Gasteiger charge is 2.24. The van der Waals surface area contributed by atoms with Gasteiger partial charge in [-0.3, -0.25) is 9.78 Å². The molecule has 0 aromatic carbocycles. The van der Waals surface area contributed by atoms with E-state index in [1.54, 1.807) is 12.3 Å². The third-order valence-corrected chi connectivity index (χ3v) is 4.89. The van der Waals surface area contributed by atoms with Gasteiger partial charge in [-0.05, 0) is 37.1 Å². The zero-order valence-electron chi connectivity index (χ0n) is 15.2. The van der Waals surface area contributed by atoms with Gasteiger partial charge in [0.2, 0.25) is 5.95 Å². The third-order valence-electron chi connectivity index (χ3n) is 4.89. The normalized spacial score (nSPS) is 13.6.